The average Bonchev–Trinajstić information content (AvgIpc) is 3.09. The van der Waals surface area contributed by atoms with E-state index in [0.29, 0.717) is 18.8 Å². The second kappa shape index (κ2) is 5.52. The van der Waals surface area contributed by atoms with Crippen molar-refractivity contribution in [3.8, 4) is 0 Å². The fourth-order valence-corrected chi connectivity index (χ4v) is 4.71. The lowest BCUT2D eigenvalue weighted by atomic mass is 9.78. The lowest BCUT2D eigenvalue weighted by Crippen LogP contribution is -2.43. The average molecular weight is 310 g/mol. The van der Waals surface area contributed by atoms with Gasteiger partial charge in [-0.05, 0) is 31.6 Å². The lowest BCUT2D eigenvalue weighted by Gasteiger charge is -2.34. The SMILES string of the molecule is CCC(CO)(CC(C)C)C(=O)OC1C2CC3C(=O)OC1C3C2. The maximum atomic E-state index is 12.7. The normalized spacial score (nSPS) is 38.2. The topological polar surface area (TPSA) is 72.8 Å². The van der Waals surface area contributed by atoms with Crippen molar-refractivity contribution in [2.45, 2.75) is 58.7 Å². The maximum absolute atomic E-state index is 12.7. The van der Waals surface area contributed by atoms with Gasteiger partial charge in [-0.3, -0.25) is 9.59 Å². The van der Waals surface area contributed by atoms with E-state index in [4.69, 9.17) is 9.47 Å². The van der Waals surface area contributed by atoms with Crippen LogP contribution in [0.1, 0.15) is 46.5 Å². The molecule has 124 valence electrons. The van der Waals surface area contributed by atoms with Crippen molar-refractivity contribution in [2.24, 2.45) is 29.1 Å². The summed E-state index contributed by atoms with van der Waals surface area (Å²) < 4.78 is 11.2. The molecule has 6 unspecified atom stereocenters. The predicted octanol–water partition coefficient (Wildman–Crippen LogP) is 1.91. The van der Waals surface area contributed by atoms with E-state index in [2.05, 4.69) is 0 Å². The number of esters is 2. The van der Waals surface area contributed by atoms with Gasteiger partial charge in [-0.2, -0.15) is 0 Å². The third kappa shape index (κ3) is 2.25. The molecule has 1 N–H and O–H groups in total. The summed E-state index contributed by atoms with van der Waals surface area (Å²) in [7, 11) is 0. The zero-order valence-corrected chi connectivity index (χ0v) is 13.6. The summed E-state index contributed by atoms with van der Waals surface area (Å²) in [6.45, 7) is 5.78. The number of carbonyl (C=O) groups excluding carboxylic acids is 2. The van der Waals surface area contributed by atoms with Gasteiger partial charge < -0.3 is 14.6 Å². The van der Waals surface area contributed by atoms with Gasteiger partial charge in [-0.1, -0.05) is 20.8 Å². The molecule has 1 heterocycles. The number of hydrogen-bond acceptors (Lipinski definition) is 5. The van der Waals surface area contributed by atoms with Gasteiger partial charge in [0.05, 0.1) is 17.9 Å². The van der Waals surface area contributed by atoms with Gasteiger partial charge >= 0.3 is 11.9 Å². The van der Waals surface area contributed by atoms with Crippen LogP contribution in [-0.2, 0) is 19.1 Å². The largest absolute Gasteiger partial charge is 0.458 e. The first-order chi connectivity index (χ1) is 10.4. The first-order valence-electron chi connectivity index (χ1n) is 8.44. The Labute approximate surface area is 131 Å². The molecule has 2 aliphatic carbocycles. The highest BCUT2D eigenvalue weighted by Gasteiger charge is 2.63. The molecule has 0 amide bonds. The van der Waals surface area contributed by atoms with Crippen LogP contribution >= 0.6 is 0 Å². The summed E-state index contributed by atoms with van der Waals surface area (Å²) in [5, 5.41) is 9.79. The van der Waals surface area contributed by atoms with Gasteiger partial charge in [0, 0.05) is 11.8 Å². The van der Waals surface area contributed by atoms with E-state index in [1.807, 2.05) is 20.8 Å². The molecule has 5 heteroatoms. The van der Waals surface area contributed by atoms with Crippen LogP contribution in [0.15, 0.2) is 0 Å². The monoisotopic (exact) mass is 310 g/mol. The van der Waals surface area contributed by atoms with Crippen molar-refractivity contribution < 1.29 is 24.2 Å². The second-order valence-electron chi connectivity index (χ2n) is 7.66. The van der Waals surface area contributed by atoms with E-state index in [1.165, 1.54) is 0 Å². The molecule has 2 saturated carbocycles. The van der Waals surface area contributed by atoms with Gasteiger partial charge in [0.15, 0.2) is 0 Å². The van der Waals surface area contributed by atoms with E-state index in [9.17, 15) is 14.7 Å². The molecule has 3 aliphatic rings. The van der Waals surface area contributed by atoms with E-state index in [1.54, 1.807) is 0 Å². The Hall–Kier alpha value is -1.10. The van der Waals surface area contributed by atoms with Crippen LogP contribution < -0.4 is 0 Å². The highest BCUT2D eigenvalue weighted by molar-refractivity contribution is 5.79. The lowest BCUT2D eigenvalue weighted by molar-refractivity contribution is -0.176. The van der Waals surface area contributed by atoms with Crippen molar-refractivity contribution in [1.29, 1.82) is 0 Å². The van der Waals surface area contributed by atoms with Gasteiger partial charge in [0.2, 0.25) is 0 Å². The number of aliphatic hydroxyl groups excluding tert-OH is 1. The molecule has 0 radical (unpaired) electrons. The maximum Gasteiger partial charge on any atom is 0.314 e. The summed E-state index contributed by atoms with van der Waals surface area (Å²) >= 11 is 0. The molecular formula is C17H26O5. The Balaban J connectivity index is 1.73. The molecule has 0 aromatic heterocycles. The van der Waals surface area contributed by atoms with Gasteiger partial charge in [-0.15, -0.1) is 0 Å². The third-order valence-electron chi connectivity index (χ3n) is 5.87. The standard InChI is InChI=1S/C17H26O5/c1-4-17(8-18,7-9(2)3)16(20)22-13-10-5-11-12(6-10)15(19)21-14(11)13/h9-14,18H,4-8H2,1-3H3. The van der Waals surface area contributed by atoms with Crippen molar-refractivity contribution in [2.75, 3.05) is 6.61 Å². The van der Waals surface area contributed by atoms with Crippen molar-refractivity contribution in [1.82, 2.24) is 0 Å². The Morgan fingerprint density at radius 2 is 2.18 bits per heavy atom. The highest BCUT2D eigenvalue weighted by atomic mass is 16.6. The molecule has 3 rings (SSSR count). The van der Waals surface area contributed by atoms with E-state index >= 15 is 0 Å². The molecule has 22 heavy (non-hydrogen) atoms. The van der Waals surface area contributed by atoms with Crippen LogP contribution in [0.5, 0.6) is 0 Å². The minimum Gasteiger partial charge on any atom is -0.458 e. The Morgan fingerprint density at radius 3 is 2.77 bits per heavy atom. The molecule has 2 bridgehead atoms. The van der Waals surface area contributed by atoms with Crippen LogP contribution in [0.4, 0.5) is 0 Å². The number of carbonyl (C=O) groups is 2. The van der Waals surface area contributed by atoms with Crippen LogP contribution in [-0.4, -0.2) is 35.9 Å². The zero-order valence-electron chi connectivity index (χ0n) is 13.6. The molecule has 5 nitrogen and oxygen atoms in total. The number of aliphatic hydroxyl groups is 1. The number of fused-ring (bicyclic) bond motifs is 1. The second-order valence-corrected chi connectivity index (χ2v) is 7.66. The summed E-state index contributed by atoms with van der Waals surface area (Å²) in [5.74, 6) is 0.335. The summed E-state index contributed by atoms with van der Waals surface area (Å²) in [4.78, 5) is 24.5. The van der Waals surface area contributed by atoms with Gasteiger partial charge in [0.1, 0.15) is 12.2 Å². The summed E-state index contributed by atoms with van der Waals surface area (Å²) in [6.07, 6.45) is 2.28. The Kier molecular flexibility index (Phi) is 3.96. The smallest absolute Gasteiger partial charge is 0.314 e. The van der Waals surface area contributed by atoms with E-state index in [-0.39, 0.29) is 48.5 Å². The summed E-state index contributed by atoms with van der Waals surface area (Å²) in [6, 6.07) is 0. The quantitative estimate of drug-likeness (QED) is 0.759. The molecule has 1 aliphatic heterocycles. The first kappa shape index (κ1) is 15.8. The zero-order chi connectivity index (χ0) is 16.1. The van der Waals surface area contributed by atoms with Crippen LogP contribution in [0.25, 0.3) is 0 Å². The molecule has 1 saturated heterocycles. The van der Waals surface area contributed by atoms with Crippen LogP contribution in [0.2, 0.25) is 0 Å². The van der Waals surface area contributed by atoms with Crippen molar-refractivity contribution >= 4 is 11.9 Å². The molecular weight excluding hydrogens is 284 g/mol. The predicted molar refractivity (Wildman–Crippen MR) is 78.7 cm³/mol. The highest BCUT2D eigenvalue weighted by Crippen LogP contribution is 2.55. The molecule has 0 aromatic rings. The molecule has 0 spiro atoms. The van der Waals surface area contributed by atoms with Crippen molar-refractivity contribution in [3.05, 3.63) is 0 Å². The van der Waals surface area contributed by atoms with Gasteiger partial charge in [-0.25, -0.2) is 0 Å². The first-order valence-corrected chi connectivity index (χ1v) is 8.44. The minimum absolute atomic E-state index is 0.0226. The fourth-order valence-electron chi connectivity index (χ4n) is 4.71. The number of hydrogen-bond donors (Lipinski definition) is 1. The fraction of sp³-hybridized carbons (Fsp3) is 0.882. The Morgan fingerprint density at radius 1 is 1.45 bits per heavy atom. The van der Waals surface area contributed by atoms with Crippen LogP contribution in [0.3, 0.4) is 0 Å². The van der Waals surface area contributed by atoms with Gasteiger partial charge in [0.25, 0.3) is 0 Å². The number of rotatable bonds is 6. The van der Waals surface area contributed by atoms with E-state index < -0.39 is 5.41 Å². The molecule has 0 aromatic carbocycles. The van der Waals surface area contributed by atoms with E-state index in [0.717, 1.165) is 12.8 Å². The Bertz CT molecular complexity index is 468. The third-order valence-corrected chi connectivity index (χ3v) is 5.87. The summed E-state index contributed by atoms with van der Waals surface area (Å²) in [5.41, 5.74) is -0.835. The molecule has 6 atom stereocenters. The van der Waals surface area contributed by atoms with Crippen LogP contribution in [0, 0.1) is 29.1 Å². The molecule has 3 fully saturated rings. The number of ether oxygens (including phenoxy) is 2. The van der Waals surface area contributed by atoms with Crippen molar-refractivity contribution in [3.63, 3.8) is 0 Å². The minimum atomic E-state index is -0.835.